The van der Waals surface area contributed by atoms with Gasteiger partial charge in [0.25, 0.3) is 0 Å². The van der Waals surface area contributed by atoms with Crippen molar-refractivity contribution in [3.05, 3.63) is 0 Å². The van der Waals surface area contributed by atoms with Crippen molar-refractivity contribution >= 4 is 39.5 Å². The highest BCUT2D eigenvalue weighted by molar-refractivity contribution is 7.47. The summed E-state index contributed by atoms with van der Waals surface area (Å²) in [6.07, 6.45) is 36.3. The summed E-state index contributed by atoms with van der Waals surface area (Å²) in [7, 11) is -9.88. The molecule has 0 bridgehead atoms. The second kappa shape index (κ2) is 54.7. The van der Waals surface area contributed by atoms with Crippen LogP contribution in [0.15, 0.2) is 0 Å². The maximum absolute atomic E-state index is 13.0. The molecule has 0 radical (unpaired) electrons. The average Bonchev–Trinajstić information content (AvgIpc) is 3.43. The number of phosphoric acid groups is 2. The molecule has 0 amide bonds. The summed E-state index contributed by atoms with van der Waals surface area (Å²) in [5.74, 6) is -0.703. The summed E-state index contributed by atoms with van der Waals surface area (Å²) in [6, 6.07) is 0. The number of rotatable bonds is 61. The Morgan fingerprint density at radius 1 is 0.358 bits per heavy atom. The molecule has 19 heteroatoms. The fourth-order valence-corrected chi connectivity index (χ4v) is 10.7. The number of unbranched alkanes of at least 4 members (excludes halogenated alkanes) is 30. The van der Waals surface area contributed by atoms with Crippen LogP contribution in [0.1, 0.15) is 305 Å². The van der Waals surface area contributed by atoms with Gasteiger partial charge in [0, 0.05) is 25.7 Å². The van der Waals surface area contributed by atoms with Crippen molar-refractivity contribution in [1.29, 1.82) is 0 Å². The van der Waals surface area contributed by atoms with E-state index in [1.807, 2.05) is 0 Å². The molecule has 0 aliphatic carbocycles. The second-order valence-electron chi connectivity index (χ2n) is 23.2. The zero-order valence-electron chi connectivity index (χ0n) is 52.1. The summed E-state index contributed by atoms with van der Waals surface area (Å²) < 4.78 is 67.8. The van der Waals surface area contributed by atoms with Gasteiger partial charge in [0.1, 0.15) is 19.3 Å². The molecule has 0 rings (SSSR count). The van der Waals surface area contributed by atoms with E-state index >= 15 is 0 Å². The molecular formula is C62H120O17P2. The zero-order valence-corrected chi connectivity index (χ0v) is 53.9. The third-order valence-corrected chi connectivity index (χ3v) is 16.5. The molecular weight excluding hydrogens is 1080 g/mol. The van der Waals surface area contributed by atoms with Crippen molar-refractivity contribution in [2.45, 2.75) is 323 Å². The highest BCUT2D eigenvalue weighted by Crippen LogP contribution is 2.45. The normalized spacial score (nSPS) is 14.7. The standard InChI is InChI=1S/C62H120O17P2/c1-7-10-12-14-16-18-19-21-26-33-39-45-60(65)73-50-57(78-61(66)46-40-34-27-23-22-24-31-37-43-55(6)9-3)52-76-80(68,69)74-48-56(63)49-75-81(70,71)77-53-58(79-62(67)47-41-35-29-28-30-36-42-54(4)5)51-72-59(64)44-38-32-25-20-17-15-13-11-8-2/h54-58,63H,7-53H2,1-6H3,(H,68,69)(H,70,71)/t55?,56-,57-,58-/m1/s1. The van der Waals surface area contributed by atoms with Crippen LogP contribution in [0.4, 0.5) is 0 Å². The minimum absolute atomic E-state index is 0.102. The van der Waals surface area contributed by atoms with Gasteiger partial charge in [-0.2, -0.15) is 0 Å². The Bertz CT molecular complexity index is 1600. The number of ether oxygens (including phenoxy) is 4. The Labute approximate surface area is 492 Å². The van der Waals surface area contributed by atoms with Gasteiger partial charge in [0.05, 0.1) is 26.4 Å². The Hall–Kier alpha value is -1.94. The van der Waals surface area contributed by atoms with Crippen LogP contribution >= 0.6 is 15.6 Å². The van der Waals surface area contributed by atoms with Gasteiger partial charge in [-0.1, -0.05) is 253 Å². The van der Waals surface area contributed by atoms with Crippen molar-refractivity contribution in [3.63, 3.8) is 0 Å². The maximum Gasteiger partial charge on any atom is 0.472 e. The van der Waals surface area contributed by atoms with Gasteiger partial charge in [-0.3, -0.25) is 37.3 Å². The SMILES string of the molecule is CCCCCCCCCCCCCC(=O)OC[C@H](COP(=O)(O)OC[C@@H](O)COP(=O)(O)OC[C@@H](COC(=O)CCCCCCCCCCC)OC(=O)CCCCCCCCC(C)C)OC(=O)CCCCCCCCCCC(C)CC. The van der Waals surface area contributed by atoms with Gasteiger partial charge in [0.15, 0.2) is 12.2 Å². The predicted molar refractivity (Wildman–Crippen MR) is 321 cm³/mol. The van der Waals surface area contributed by atoms with Crippen molar-refractivity contribution < 1.29 is 80.2 Å². The molecule has 0 aromatic heterocycles. The highest BCUT2D eigenvalue weighted by Gasteiger charge is 2.30. The number of aliphatic hydroxyl groups is 1. The summed E-state index contributed by atoms with van der Waals surface area (Å²) >= 11 is 0. The van der Waals surface area contributed by atoms with Gasteiger partial charge in [-0.15, -0.1) is 0 Å². The molecule has 0 aromatic rings. The lowest BCUT2D eigenvalue weighted by Crippen LogP contribution is -2.30. The average molecular weight is 1200 g/mol. The molecule has 0 saturated carbocycles. The Balaban J connectivity index is 5.24. The largest absolute Gasteiger partial charge is 0.472 e. The summed E-state index contributed by atoms with van der Waals surface area (Å²) in [5, 5.41) is 10.5. The molecule has 81 heavy (non-hydrogen) atoms. The number of phosphoric ester groups is 2. The molecule has 0 aliphatic rings. The first kappa shape index (κ1) is 79.1. The van der Waals surface area contributed by atoms with Crippen molar-refractivity contribution in [2.75, 3.05) is 39.6 Å². The number of aliphatic hydroxyl groups excluding tert-OH is 1. The third kappa shape index (κ3) is 55.7. The van der Waals surface area contributed by atoms with Crippen LogP contribution < -0.4 is 0 Å². The van der Waals surface area contributed by atoms with Crippen LogP contribution in [-0.2, 0) is 65.4 Å². The molecule has 17 nitrogen and oxygen atoms in total. The monoisotopic (exact) mass is 1200 g/mol. The van der Waals surface area contributed by atoms with E-state index < -0.39 is 97.5 Å². The van der Waals surface area contributed by atoms with Crippen molar-refractivity contribution in [1.82, 2.24) is 0 Å². The molecule has 0 heterocycles. The van der Waals surface area contributed by atoms with Crippen LogP contribution in [0.5, 0.6) is 0 Å². The Kier molecular flexibility index (Phi) is 53.4. The van der Waals surface area contributed by atoms with E-state index in [9.17, 15) is 43.2 Å². The van der Waals surface area contributed by atoms with E-state index in [1.54, 1.807) is 0 Å². The van der Waals surface area contributed by atoms with E-state index in [0.29, 0.717) is 31.6 Å². The quantitative estimate of drug-likeness (QED) is 0.0222. The Morgan fingerprint density at radius 3 is 0.938 bits per heavy atom. The van der Waals surface area contributed by atoms with E-state index in [1.165, 1.54) is 122 Å². The number of carbonyl (C=O) groups excluding carboxylic acids is 4. The third-order valence-electron chi connectivity index (χ3n) is 14.6. The van der Waals surface area contributed by atoms with Crippen molar-refractivity contribution in [2.24, 2.45) is 11.8 Å². The molecule has 3 unspecified atom stereocenters. The molecule has 3 N–H and O–H groups in total. The molecule has 0 fully saturated rings. The van der Waals surface area contributed by atoms with Gasteiger partial charge in [-0.05, 0) is 37.5 Å². The van der Waals surface area contributed by atoms with Gasteiger partial charge in [0.2, 0.25) is 0 Å². The predicted octanol–water partition coefficient (Wildman–Crippen LogP) is 16.9. The minimum atomic E-state index is -4.94. The lowest BCUT2D eigenvalue weighted by Gasteiger charge is -2.21. The topological polar surface area (TPSA) is 237 Å². The van der Waals surface area contributed by atoms with Gasteiger partial charge in [-0.25, -0.2) is 9.13 Å². The number of hydrogen-bond donors (Lipinski definition) is 3. The van der Waals surface area contributed by atoms with Crippen LogP contribution in [0.3, 0.4) is 0 Å². The number of carbonyl (C=O) groups is 4. The summed E-state index contributed by atoms with van der Waals surface area (Å²) in [4.78, 5) is 72.0. The summed E-state index contributed by atoms with van der Waals surface area (Å²) in [6.45, 7) is 9.36. The first-order chi connectivity index (χ1) is 38.9. The second-order valence-corrected chi connectivity index (χ2v) is 26.1. The van der Waals surface area contributed by atoms with E-state index in [0.717, 1.165) is 95.8 Å². The van der Waals surface area contributed by atoms with Crippen LogP contribution in [0.25, 0.3) is 0 Å². The first-order valence-corrected chi connectivity index (χ1v) is 35.5. The molecule has 480 valence electrons. The zero-order chi connectivity index (χ0) is 60.1. The van der Waals surface area contributed by atoms with Crippen LogP contribution in [0, 0.1) is 11.8 Å². The minimum Gasteiger partial charge on any atom is -0.462 e. The maximum atomic E-state index is 13.0. The Morgan fingerprint density at radius 2 is 0.630 bits per heavy atom. The van der Waals surface area contributed by atoms with E-state index in [2.05, 4.69) is 41.5 Å². The fraction of sp³-hybridized carbons (Fsp3) is 0.935. The molecule has 0 aliphatic heterocycles. The number of hydrogen-bond acceptors (Lipinski definition) is 15. The van der Waals surface area contributed by atoms with Gasteiger partial charge >= 0.3 is 39.5 Å². The van der Waals surface area contributed by atoms with E-state index in [-0.39, 0.29) is 25.7 Å². The lowest BCUT2D eigenvalue weighted by molar-refractivity contribution is -0.161. The molecule has 0 spiro atoms. The lowest BCUT2D eigenvalue weighted by atomic mass is 9.99. The fourth-order valence-electron chi connectivity index (χ4n) is 9.15. The van der Waals surface area contributed by atoms with Crippen molar-refractivity contribution in [3.8, 4) is 0 Å². The molecule has 6 atom stereocenters. The summed E-state index contributed by atoms with van der Waals surface area (Å²) in [5.41, 5.74) is 0. The number of esters is 4. The first-order valence-electron chi connectivity index (χ1n) is 32.5. The van der Waals surface area contributed by atoms with Crippen LogP contribution in [0.2, 0.25) is 0 Å². The van der Waals surface area contributed by atoms with Gasteiger partial charge < -0.3 is 33.8 Å². The molecule has 0 saturated heterocycles. The van der Waals surface area contributed by atoms with E-state index in [4.69, 9.17) is 37.0 Å². The smallest absolute Gasteiger partial charge is 0.462 e. The van der Waals surface area contributed by atoms with Crippen LogP contribution in [-0.4, -0.2) is 96.7 Å². The molecule has 0 aromatic carbocycles. The highest BCUT2D eigenvalue weighted by atomic mass is 31.2.